The monoisotopic (exact) mass is 190 g/mol. The maximum Gasteiger partial charge on any atom is 0.505 e. The van der Waals surface area contributed by atoms with Crippen molar-refractivity contribution in [2.45, 2.75) is 39.2 Å². The second-order valence-corrected chi connectivity index (χ2v) is 3.10. The molecule has 4 heteroatoms. The molecule has 0 bridgehead atoms. The highest BCUT2D eigenvalue weighted by atomic mass is 16.7. The van der Waals surface area contributed by atoms with Crippen molar-refractivity contribution >= 4 is 6.16 Å². The summed E-state index contributed by atoms with van der Waals surface area (Å²) in [5.74, 6) is 0. The minimum atomic E-state index is -1.23. The Morgan fingerprint density at radius 3 is 2.46 bits per heavy atom. The van der Waals surface area contributed by atoms with Gasteiger partial charge in [0.2, 0.25) is 0 Å². The Balaban J connectivity index is 3.76. The molecular weight excluding hydrogens is 172 g/mol. The van der Waals surface area contributed by atoms with E-state index in [1.165, 1.54) is 0 Å². The first kappa shape index (κ1) is 12.2. The molecule has 4 nitrogen and oxygen atoms in total. The first-order valence-electron chi connectivity index (χ1n) is 4.53. The van der Waals surface area contributed by atoms with Crippen molar-refractivity contribution in [3.05, 3.63) is 0 Å². The van der Waals surface area contributed by atoms with Crippen LogP contribution in [0.15, 0.2) is 0 Å². The summed E-state index contributed by atoms with van der Waals surface area (Å²) in [5.41, 5.74) is -0.260. The normalized spacial score (nSPS) is 15.0. The maximum atomic E-state index is 10.1. The van der Waals surface area contributed by atoms with Gasteiger partial charge < -0.3 is 14.6 Å². The lowest BCUT2D eigenvalue weighted by Crippen LogP contribution is -2.29. The molecule has 1 atom stereocenters. The van der Waals surface area contributed by atoms with Crippen molar-refractivity contribution in [1.82, 2.24) is 0 Å². The zero-order chi connectivity index (χ0) is 10.3. The smallest absolute Gasteiger partial charge is 0.450 e. The zero-order valence-corrected chi connectivity index (χ0v) is 8.50. The van der Waals surface area contributed by atoms with E-state index in [1.54, 1.807) is 0 Å². The van der Waals surface area contributed by atoms with Gasteiger partial charge in [0.25, 0.3) is 0 Å². The van der Waals surface area contributed by atoms with Crippen molar-refractivity contribution < 1.29 is 19.4 Å². The van der Waals surface area contributed by atoms with Gasteiger partial charge in [0, 0.05) is 13.0 Å². The molecule has 1 unspecified atom stereocenters. The van der Waals surface area contributed by atoms with Crippen LogP contribution in [-0.4, -0.2) is 30.1 Å². The zero-order valence-electron chi connectivity index (χ0n) is 8.50. The predicted molar refractivity (Wildman–Crippen MR) is 48.9 cm³/mol. The highest BCUT2D eigenvalue weighted by Gasteiger charge is 2.22. The summed E-state index contributed by atoms with van der Waals surface area (Å²) in [6.07, 6.45) is 0.225. The second-order valence-electron chi connectivity index (χ2n) is 3.10. The number of carboxylic acid groups (broad SMARTS) is 1. The lowest BCUT2D eigenvalue weighted by atomic mass is 9.99. The minimum absolute atomic E-state index is 0.194. The van der Waals surface area contributed by atoms with Gasteiger partial charge in [-0.2, -0.15) is 0 Å². The molecule has 13 heavy (non-hydrogen) atoms. The van der Waals surface area contributed by atoms with Gasteiger partial charge in [0.15, 0.2) is 0 Å². The van der Waals surface area contributed by atoms with Crippen LogP contribution in [0.4, 0.5) is 4.79 Å². The van der Waals surface area contributed by atoms with Gasteiger partial charge in [-0.3, -0.25) is 0 Å². The van der Waals surface area contributed by atoms with Crippen molar-refractivity contribution in [2.24, 2.45) is 0 Å². The van der Waals surface area contributed by atoms with E-state index >= 15 is 0 Å². The molecular formula is C9H18O4. The molecule has 0 heterocycles. The van der Waals surface area contributed by atoms with Crippen LogP contribution >= 0.6 is 0 Å². The predicted octanol–water partition coefficient (Wildman–Crippen LogP) is 2.28. The van der Waals surface area contributed by atoms with E-state index in [-0.39, 0.29) is 12.2 Å². The molecule has 0 aromatic carbocycles. The number of hydrogen-bond donors (Lipinski definition) is 1. The SMILES string of the molecule is CCOC(C)(CC)CCOC(=O)O. The molecule has 0 rings (SSSR count). The van der Waals surface area contributed by atoms with Crippen LogP contribution in [0.3, 0.4) is 0 Å². The topological polar surface area (TPSA) is 55.8 Å². The van der Waals surface area contributed by atoms with E-state index in [0.717, 1.165) is 6.42 Å². The van der Waals surface area contributed by atoms with E-state index in [4.69, 9.17) is 9.84 Å². The molecule has 0 radical (unpaired) electrons. The molecule has 0 saturated heterocycles. The Kier molecular flexibility index (Phi) is 5.46. The summed E-state index contributed by atoms with van der Waals surface area (Å²) in [7, 11) is 0. The standard InChI is InChI=1S/C9H18O4/c1-4-9(3,13-5-2)6-7-12-8(10)11/h4-7H2,1-3H3,(H,10,11). The minimum Gasteiger partial charge on any atom is -0.450 e. The molecule has 0 aliphatic heterocycles. The van der Waals surface area contributed by atoms with E-state index in [0.29, 0.717) is 13.0 Å². The van der Waals surface area contributed by atoms with Crippen LogP contribution in [0.5, 0.6) is 0 Å². The summed E-state index contributed by atoms with van der Waals surface area (Å²) in [4.78, 5) is 10.1. The van der Waals surface area contributed by atoms with E-state index in [2.05, 4.69) is 4.74 Å². The second kappa shape index (κ2) is 5.80. The summed E-state index contributed by atoms with van der Waals surface area (Å²) in [6, 6.07) is 0. The largest absolute Gasteiger partial charge is 0.505 e. The van der Waals surface area contributed by atoms with Crippen LogP contribution in [0.1, 0.15) is 33.6 Å². The Morgan fingerprint density at radius 1 is 1.46 bits per heavy atom. The Labute approximate surface area is 78.8 Å². The third-order valence-corrected chi connectivity index (χ3v) is 2.10. The fraction of sp³-hybridized carbons (Fsp3) is 0.889. The Hall–Kier alpha value is -0.770. The van der Waals surface area contributed by atoms with Crippen molar-refractivity contribution in [3.63, 3.8) is 0 Å². The van der Waals surface area contributed by atoms with Gasteiger partial charge >= 0.3 is 6.16 Å². The molecule has 0 fully saturated rings. The number of rotatable bonds is 6. The van der Waals surface area contributed by atoms with E-state index in [1.807, 2.05) is 20.8 Å². The van der Waals surface area contributed by atoms with Crippen LogP contribution in [-0.2, 0) is 9.47 Å². The van der Waals surface area contributed by atoms with Gasteiger partial charge in [-0.25, -0.2) is 4.79 Å². The van der Waals surface area contributed by atoms with Gasteiger partial charge in [-0.15, -0.1) is 0 Å². The summed E-state index contributed by atoms with van der Waals surface area (Å²) >= 11 is 0. The maximum absolute atomic E-state index is 10.1. The molecule has 0 aliphatic carbocycles. The van der Waals surface area contributed by atoms with Crippen LogP contribution in [0.2, 0.25) is 0 Å². The van der Waals surface area contributed by atoms with E-state index < -0.39 is 6.16 Å². The molecule has 0 spiro atoms. The molecule has 0 amide bonds. The van der Waals surface area contributed by atoms with Crippen molar-refractivity contribution in [3.8, 4) is 0 Å². The quantitative estimate of drug-likeness (QED) is 0.653. The van der Waals surface area contributed by atoms with Crippen LogP contribution in [0.25, 0.3) is 0 Å². The Bertz CT molecular complexity index is 158. The van der Waals surface area contributed by atoms with Gasteiger partial charge in [0.1, 0.15) is 0 Å². The lowest BCUT2D eigenvalue weighted by Gasteiger charge is -2.27. The first-order chi connectivity index (χ1) is 6.04. The highest BCUT2D eigenvalue weighted by Crippen LogP contribution is 2.19. The molecule has 0 aromatic heterocycles. The van der Waals surface area contributed by atoms with Crippen LogP contribution < -0.4 is 0 Å². The molecule has 78 valence electrons. The van der Waals surface area contributed by atoms with E-state index in [9.17, 15) is 4.79 Å². The number of carbonyl (C=O) groups is 1. The highest BCUT2D eigenvalue weighted by molar-refractivity contribution is 5.56. The van der Waals surface area contributed by atoms with Gasteiger partial charge in [0.05, 0.1) is 12.2 Å². The number of ether oxygens (including phenoxy) is 2. The van der Waals surface area contributed by atoms with Gasteiger partial charge in [-0.1, -0.05) is 6.92 Å². The average molecular weight is 190 g/mol. The lowest BCUT2D eigenvalue weighted by molar-refractivity contribution is -0.0463. The van der Waals surface area contributed by atoms with Crippen molar-refractivity contribution in [2.75, 3.05) is 13.2 Å². The number of hydrogen-bond acceptors (Lipinski definition) is 3. The average Bonchev–Trinajstić information content (AvgIpc) is 2.04. The third kappa shape index (κ3) is 5.47. The Morgan fingerprint density at radius 2 is 2.08 bits per heavy atom. The third-order valence-electron chi connectivity index (χ3n) is 2.10. The van der Waals surface area contributed by atoms with Crippen LogP contribution in [0, 0.1) is 0 Å². The molecule has 0 saturated carbocycles. The molecule has 0 aromatic rings. The molecule has 1 N–H and O–H groups in total. The summed E-state index contributed by atoms with van der Waals surface area (Å²) < 4.78 is 9.91. The fourth-order valence-electron chi connectivity index (χ4n) is 1.05. The fourth-order valence-corrected chi connectivity index (χ4v) is 1.05. The van der Waals surface area contributed by atoms with Gasteiger partial charge in [-0.05, 0) is 20.3 Å². The summed E-state index contributed by atoms with van der Waals surface area (Å²) in [6.45, 7) is 6.72. The molecule has 0 aliphatic rings. The first-order valence-corrected chi connectivity index (χ1v) is 4.53. The summed E-state index contributed by atoms with van der Waals surface area (Å²) in [5, 5.41) is 8.25. The van der Waals surface area contributed by atoms with Crippen molar-refractivity contribution in [1.29, 1.82) is 0 Å².